The Bertz CT molecular complexity index is 573. The molecule has 0 heterocycles. The number of hydrogen-bond acceptors (Lipinski definition) is 4. The number of hydrazine groups is 1. The molecule has 130 valence electrons. The van der Waals surface area contributed by atoms with Crippen LogP contribution in [0.15, 0.2) is 43.0 Å². The molecular weight excluding hydrogens is 326 g/mol. The molecule has 1 aromatic carbocycles. The normalized spacial score (nSPS) is 11.6. The molecule has 7 heteroatoms. The number of benzene rings is 1. The number of carbonyl (C=O) groups is 1. The summed E-state index contributed by atoms with van der Waals surface area (Å²) in [6.45, 7) is 6.48. The van der Waals surface area contributed by atoms with Crippen LogP contribution in [0, 0.1) is 0 Å². The van der Waals surface area contributed by atoms with Gasteiger partial charge < -0.3 is 14.8 Å². The number of rotatable bonds is 8. The predicted molar refractivity (Wildman–Crippen MR) is 99.5 cm³/mol. The van der Waals surface area contributed by atoms with E-state index in [1.165, 1.54) is 6.08 Å². The zero-order valence-electron chi connectivity index (χ0n) is 13.9. The van der Waals surface area contributed by atoms with Gasteiger partial charge in [-0.1, -0.05) is 24.8 Å². The molecule has 1 aromatic rings. The minimum Gasteiger partial charge on any atom is -0.490 e. The average Bonchev–Trinajstić information content (AvgIpc) is 2.57. The third-order valence-corrected chi connectivity index (χ3v) is 2.99. The molecule has 0 aliphatic carbocycles. The Morgan fingerprint density at radius 2 is 2.04 bits per heavy atom. The average molecular weight is 349 g/mol. The topological polar surface area (TPSA) is 71.6 Å². The third-order valence-electron chi connectivity index (χ3n) is 2.77. The Morgan fingerprint density at radius 1 is 1.33 bits per heavy atom. The SMILES string of the molecule is C=CCOc1ccc(/C=C/C(=O)NNC(=S)N[C@H](C)COC)cc1. The molecule has 1 amide bonds. The highest BCUT2D eigenvalue weighted by Crippen LogP contribution is 2.13. The standard InChI is InChI=1S/C17H23N3O3S/c1-4-11-23-15-8-5-14(6-9-15)7-10-16(21)19-20-17(24)18-13(2)12-22-3/h4-10,13H,1,11-12H2,2-3H3,(H,19,21)(H2,18,20,24)/b10-7+/t13-/m1/s1. The fraction of sp³-hybridized carbons (Fsp3) is 0.294. The van der Waals surface area contributed by atoms with E-state index in [4.69, 9.17) is 21.7 Å². The number of methoxy groups -OCH3 is 1. The highest BCUT2D eigenvalue weighted by molar-refractivity contribution is 7.80. The van der Waals surface area contributed by atoms with Crippen molar-refractivity contribution in [3.05, 3.63) is 48.6 Å². The lowest BCUT2D eigenvalue weighted by Crippen LogP contribution is -2.49. The lowest BCUT2D eigenvalue weighted by molar-refractivity contribution is -0.116. The number of ether oxygens (including phenoxy) is 2. The highest BCUT2D eigenvalue weighted by Gasteiger charge is 2.03. The largest absolute Gasteiger partial charge is 0.490 e. The summed E-state index contributed by atoms with van der Waals surface area (Å²) in [7, 11) is 1.61. The van der Waals surface area contributed by atoms with Crippen LogP contribution in [0.5, 0.6) is 5.75 Å². The maximum Gasteiger partial charge on any atom is 0.262 e. The smallest absolute Gasteiger partial charge is 0.262 e. The van der Waals surface area contributed by atoms with Crippen LogP contribution in [0.1, 0.15) is 12.5 Å². The van der Waals surface area contributed by atoms with Crippen LogP contribution in [-0.2, 0) is 9.53 Å². The summed E-state index contributed by atoms with van der Waals surface area (Å²) in [5.41, 5.74) is 5.99. The number of nitrogens with one attached hydrogen (secondary N) is 3. The first-order valence-corrected chi connectivity index (χ1v) is 7.83. The zero-order valence-corrected chi connectivity index (χ0v) is 14.7. The van der Waals surface area contributed by atoms with Crippen molar-refractivity contribution in [3.8, 4) is 5.75 Å². The summed E-state index contributed by atoms with van der Waals surface area (Å²) in [4.78, 5) is 11.7. The lowest BCUT2D eigenvalue weighted by atomic mass is 10.2. The number of carbonyl (C=O) groups excluding carboxylic acids is 1. The van der Waals surface area contributed by atoms with E-state index >= 15 is 0 Å². The molecule has 0 aliphatic heterocycles. The molecule has 0 radical (unpaired) electrons. The summed E-state index contributed by atoms with van der Waals surface area (Å²) in [5.74, 6) is 0.435. The summed E-state index contributed by atoms with van der Waals surface area (Å²) in [6.07, 6.45) is 4.78. The van der Waals surface area contributed by atoms with Gasteiger partial charge in [0.05, 0.1) is 6.61 Å². The Balaban J connectivity index is 2.37. The molecule has 0 unspecified atom stereocenters. The Labute approximate surface area is 147 Å². The van der Waals surface area contributed by atoms with E-state index in [0.717, 1.165) is 11.3 Å². The van der Waals surface area contributed by atoms with Crippen molar-refractivity contribution in [3.63, 3.8) is 0 Å². The second kappa shape index (κ2) is 11.2. The maximum absolute atomic E-state index is 11.7. The molecule has 0 spiro atoms. The molecule has 6 nitrogen and oxygen atoms in total. The van der Waals surface area contributed by atoms with Gasteiger partial charge in [-0.15, -0.1) is 0 Å². The predicted octanol–water partition coefficient (Wildman–Crippen LogP) is 1.79. The zero-order chi connectivity index (χ0) is 17.8. The van der Waals surface area contributed by atoms with Crippen molar-refractivity contribution in [2.45, 2.75) is 13.0 Å². The fourth-order valence-electron chi connectivity index (χ4n) is 1.71. The summed E-state index contributed by atoms with van der Waals surface area (Å²) in [6, 6.07) is 7.41. The molecule has 24 heavy (non-hydrogen) atoms. The summed E-state index contributed by atoms with van der Waals surface area (Å²) >= 11 is 5.05. The minimum atomic E-state index is -0.314. The van der Waals surface area contributed by atoms with Gasteiger partial charge in [0.2, 0.25) is 0 Å². The molecule has 0 aromatic heterocycles. The van der Waals surface area contributed by atoms with Crippen molar-refractivity contribution < 1.29 is 14.3 Å². The van der Waals surface area contributed by atoms with E-state index in [0.29, 0.717) is 18.3 Å². The molecular formula is C17H23N3O3S. The third kappa shape index (κ3) is 8.30. The van der Waals surface area contributed by atoms with Crippen LogP contribution < -0.4 is 20.9 Å². The van der Waals surface area contributed by atoms with Gasteiger partial charge in [0, 0.05) is 19.2 Å². The van der Waals surface area contributed by atoms with Crippen LogP contribution in [0.4, 0.5) is 0 Å². The van der Waals surface area contributed by atoms with Gasteiger partial charge in [0.15, 0.2) is 5.11 Å². The number of hydrogen-bond donors (Lipinski definition) is 3. The molecule has 1 atom stereocenters. The first kappa shape index (κ1) is 19.7. The van der Waals surface area contributed by atoms with E-state index in [1.54, 1.807) is 19.3 Å². The van der Waals surface area contributed by atoms with Crippen LogP contribution in [0.2, 0.25) is 0 Å². The van der Waals surface area contributed by atoms with Crippen molar-refractivity contribution in [1.82, 2.24) is 16.2 Å². The quantitative estimate of drug-likeness (QED) is 0.288. The molecule has 1 rings (SSSR count). The molecule has 3 N–H and O–H groups in total. The Kier molecular flexibility index (Phi) is 9.18. The van der Waals surface area contributed by atoms with E-state index in [2.05, 4.69) is 22.7 Å². The molecule has 0 aliphatic rings. The van der Waals surface area contributed by atoms with Gasteiger partial charge in [0.1, 0.15) is 12.4 Å². The van der Waals surface area contributed by atoms with E-state index < -0.39 is 0 Å². The van der Waals surface area contributed by atoms with Gasteiger partial charge in [-0.05, 0) is 42.9 Å². The first-order valence-electron chi connectivity index (χ1n) is 7.42. The van der Waals surface area contributed by atoms with Gasteiger partial charge in [-0.25, -0.2) is 0 Å². The van der Waals surface area contributed by atoms with Crippen molar-refractivity contribution in [2.75, 3.05) is 20.3 Å². The number of amides is 1. The summed E-state index contributed by atoms with van der Waals surface area (Å²) in [5, 5.41) is 3.29. The molecule has 0 fully saturated rings. The van der Waals surface area contributed by atoms with E-state index in [1.807, 2.05) is 31.2 Å². The second-order valence-corrected chi connectivity index (χ2v) is 5.35. The Morgan fingerprint density at radius 3 is 2.67 bits per heavy atom. The van der Waals surface area contributed by atoms with Crippen molar-refractivity contribution >= 4 is 29.3 Å². The van der Waals surface area contributed by atoms with Crippen LogP contribution in [-0.4, -0.2) is 37.4 Å². The van der Waals surface area contributed by atoms with Crippen LogP contribution in [0.3, 0.4) is 0 Å². The fourth-order valence-corrected chi connectivity index (χ4v) is 1.97. The van der Waals surface area contributed by atoms with E-state index in [9.17, 15) is 4.79 Å². The van der Waals surface area contributed by atoms with Gasteiger partial charge in [0.25, 0.3) is 5.91 Å². The maximum atomic E-state index is 11.7. The summed E-state index contributed by atoms with van der Waals surface area (Å²) < 4.78 is 10.4. The molecule has 0 saturated heterocycles. The minimum absolute atomic E-state index is 0.0456. The van der Waals surface area contributed by atoms with Gasteiger partial charge >= 0.3 is 0 Å². The monoisotopic (exact) mass is 349 g/mol. The lowest BCUT2D eigenvalue weighted by Gasteiger charge is -2.15. The van der Waals surface area contributed by atoms with Crippen molar-refractivity contribution in [1.29, 1.82) is 0 Å². The second-order valence-electron chi connectivity index (χ2n) is 4.95. The Hall–Kier alpha value is -2.38. The van der Waals surface area contributed by atoms with Gasteiger partial charge in [-0.3, -0.25) is 15.6 Å². The molecule has 0 bridgehead atoms. The highest BCUT2D eigenvalue weighted by atomic mass is 32.1. The van der Waals surface area contributed by atoms with Gasteiger partial charge in [-0.2, -0.15) is 0 Å². The molecule has 0 saturated carbocycles. The van der Waals surface area contributed by atoms with E-state index in [-0.39, 0.29) is 11.9 Å². The first-order chi connectivity index (χ1) is 11.5. The van der Waals surface area contributed by atoms with Crippen molar-refractivity contribution in [2.24, 2.45) is 0 Å². The number of thiocarbonyl (C=S) groups is 1. The van der Waals surface area contributed by atoms with Crippen LogP contribution in [0.25, 0.3) is 6.08 Å². The van der Waals surface area contributed by atoms with Crippen LogP contribution >= 0.6 is 12.2 Å².